The van der Waals surface area contributed by atoms with Crippen molar-refractivity contribution in [3.05, 3.63) is 53.9 Å². The van der Waals surface area contributed by atoms with Gasteiger partial charge in [0.05, 0.1) is 24.7 Å². The van der Waals surface area contributed by atoms with Gasteiger partial charge in [-0.05, 0) is 43.2 Å². The first-order chi connectivity index (χ1) is 17.5. The summed E-state index contributed by atoms with van der Waals surface area (Å²) in [6.07, 6.45) is 5.48. The molecule has 1 saturated heterocycles. The summed E-state index contributed by atoms with van der Waals surface area (Å²) in [6.45, 7) is 6.27. The van der Waals surface area contributed by atoms with Gasteiger partial charge in [0, 0.05) is 25.1 Å². The summed E-state index contributed by atoms with van der Waals surface area (Å²) in [7, 11) is 1.35. The SMILES string of the molecule is CCC(C)CNc1cnc2c(c1)c(NC(=O)C1CCCO1)c(C(=O)OC)n2CCCc1ccccc1. The molecule has 0 bridgehead atoms. The third-order valence-corrected chi connectivity index (χ3v) is 6.79. The predicted octanol–water partition coefficient (Wildman–Crippen LogP) is 5.03. The highest BCUT2D eigenvalue weighted by atomic mass is 16.5. The number of aryl methyl sites for hydroxylation is 2. The molecule has 8 heteroatoms. The zero-order valence-corrected chi connectivity index (χ0v) is 21.4. The van der Waals surface area contributed by atoms with E-state index in [0.29, 0.717) is 47.9 Å². The van der Waals surface area contributed by atoms with E-state index in [1.165, 1.54) is 12.7 Å². The largest absolute Gasteiger partial charge is 0.464 e. The number of rotatable bonds is 11. The maximum absolute atomic E-state index is 13.0. The Hall–Kier alpha value is -3.39. The van der Waals surface area contributed by atoms with Crippen LogP contribution in [0.5, 0.6) is 0 Å². The van der Waals surface area contributed by atoms with Crippen LogP contribution in [0, 0.1) is 5.92 Å². The Morgan fingerprint density at radius 2 is 2.08 bits per heavy atom. The van der Waals surface area contributed by atoms with Crippen molar-refractivity contribution < 1.29 is 19.1 Å². The van der Waals surface area contributed by atoms with E-state index in [2.05, 4.69) is 36.6 Å². The summed E-state index contributed by atoms with van der Waals surface area (Å²) in [4.78, 5) is 30.8. The van der Waals surface area contributed by atoms with Gasteiger partial charge >= 0.3 is 5.97 Å². The van der Waals surface area contributed by atoms with E-state index in [4.69, 9.17) is 14.5 Å². The van der Waals surface area contributed by atoms with Gasteiger partial charge in [-0.3, -0.25) is 4.79 Å². The van der Waals surface area contributed by atoms with Crippen LogP contribution >= 0.6 is 0 Å². The molecule has 2 atom stereocenters. The molecule has 2 aromatic heterocycles. The lowest BCUT2D eigenvalue weighted by molar-refractivity contribution is -0.124. The maximum atomic E-state index is 13.0. The Kier molecular flexibility index (Phi) is 8.59. The third-order valence-electron chi connectivity index (χ3n) is 6.79. The first-order valence-electron chi connectivity index (χ1n) is 12.8. The van der Waals surface area contributed by atoms with Gasteiger partial charge in [-0.1, -0.05) is 50.6 Å². The number of pyridine rings is 1. The lowest BCUT2D eigenvalue weighted by atomic mass is 10.1. The van der Waals surface area contributed by atoms with E-state index in [9.17, 15) is 9.59 Å². The molecule has 36 heavy (non-hydrogen) atoms. The minimum absolute atomic E-state index is 0.251. The van der Waals surface area contributed by atoms with Crippen LogP contribution in [0.15, 0.2) is 42.6 Å². The second-order valence-electron chi connectivity index (χ2n) is 9.44. The van der Waals surface area contributed by atoms with Crippen LogP contribution in [0.2, 0.25) is 0 Å². The normalized spacial score (nSPS) is 16.1. The number of nitrogens with one attached hydrogen (secondary N) is 2. The van der Waals surface area contributed by atoms with Gasteiger partial charge in [0.2, 0.25) is 0 Å². The number of fused-ring (bicyclic) bond motifs is 1. The summed E-state index contributed by atoms with van der Waals surface area (Å²) in [6, 6.07) is 12.2. The van der Waals surface area contributed by atoms with Gasteiger partial charge in [0.15, 0.2) is 5.69 Å². The van der Waals surface area contributed by atoms with Crippen molar-refractivity contribution in [3.63, 3.8) is 0 Å². The Morgan fingerprint density at radius 3 is 2.78 bits per heavy atom. The Labute approximate surface area is 212 Å². The Balaban J connectivity index is 1.71. The molecule has 0 aliphatic carbocycles. The number of esters is 1. The quantitative estimate of drug-likeness (QED) is 0.365. The van der Waals surface area contributed by atoms with Gasteiger partial charge in [-0.25, -0.2) is 9.78 Å². The average Bonchev–Trinajstić information content (AvgIpc) is 3.55. The fraction of sp³-hybridized carbons (Fsp3) is 0.464. The zero-order valence-electron chi connectivity index (χ0n) is 21.4. The molecular formula is C28H36N4O4. The molecule has 2 N–H and O–H groups in total. The Morgan fingerprint density at radius 1 is 1.28 bits per heavy atom. The van der Waals surface area contributed by atoms with Crippen LogP contribution in [0.25, 0.3) is 11.0 Å². The zero-order chi connectivity index (χ0) is 25.5. The monoisotopic (exact) mass is 492 g/mol. The molecule has 2 unspecified atom stereocenters. The molecule has 3 aromatic rings. The molecular weight excluding hydrogens is 456 g/mol. The standard InChI is InChI=1S/C28H36N4O4/c1-4-19(2)17-29-21-16-22-24(31-27(33)23-13-9-15-36-23)25(28(34)35-3)32(26(22)30-18-21)14-8-12-20-10-6-5-7-11-20/h5-7,10-11,16,18-19,23,29H,4,8-9,12-15,17H2,1-3H3,(H,31,33). The molecule has 0 saturated carbocycles. The van der Waals surface area contributed by atoms with E-state index in [1.54, 1.807) is 6.20 Å². The minimum atomic E-state index is -0.522. The van der Waals surface area contributed by atoms with E-state index < -0.39 is 12.1 Å². The molecule has 3 heterocycles. The number of carbonyl (C=O) groups is 2. The fourth-order valence-electron chi connectivity index (χ4n) is 4.49. The number of aromatic nitrogens is 2. The second kappa shape index (κ2) is 12.0. The molecule has 1 aliphatic heterocycles. The van der Waals surface area contributed by atoms with Crippen LogP contribution in [0.1, 0.15) is 55.6 Å². The van der Waals surface area contributed by atoms with Crippen LogP contribution < -0.4 is 10.6 Å². The summed E-state index contributed by atoms with van der Waals surface area (Å²) in [5.74, 6) is -0.254. The maximum Gasteiger partial charge on any atom is 0.356 e. The molecule has 4 rings (SSSR count). The summed E-state index contributed by atoms with van der Waals surface area (Å²) < 4.78 is 12.6. The molecule has 8 nitrogen and oxygen atoms in total. The highest BCUT2D eigenvalue weighted by molar-refractivity contribution is 6.12. The van der Waals surface area contributed by atoms with Crippen LogP contribution in [-0.4, -0.2) is 47.8 Å². The number of amides is 1. The Bertz CT molecular complexity index is 1190. The topological polar surface area (TPSA) is 94.5 Å². The van der Waals surface area contributed by atoms with Crippen molar-refractivity contribution in [2.75, 3.05) is 30.9 Å². The molecule has 1 fully saturated rings. The minimum Gasteiger partial charge on any atom is -0.464 e. The van der Waals surface area contributed by atoms with Crippen molar-refractivity contribution in [1.82, 2.24) is 9.55 Å². The molecule has 1 aliphatic rings. The van der Waals surface area contributed by atoms with Crippen LogP contribution in [0.3, 0.4) is 0 Å². The smallest absolute Gasteiger partial charge is 0.356 e. The van der Waals surface area contributed by atoms with Gasteiger partial charge in [-0.15, -0.1) is 0 Å². The fourth-order valence-corrected chi connectivity index (χ4v) is 4.49. The highest BCUT2D eigenvalue weighted by Gasteiger charge is 2.30. The molecule has 0 spiro atoms. The van der Waals surface area contributed by atoms with Crippen molar-refractivity contribution in [3.8, 4) is 0 Å². The van der Waals surface area contributed by atoms with E-state index in [1.807, 2.05) is 28.8 Å². The summed E-state index contributed by atoms with van der Waals surface area (Å²) in [5.41, 5.74) is 3.44. The third kappa shape index (κ3) is 5.87. The average molecular weight is 493 g/mol. The molecule has 192 valence electrons. The van der Waals surface area contributed by atoms with Gasteiger partial charge < -0.3 is 24.7 Å². The number of hydrogen-bond donors (Lipinski definition) is 2. The van der Waals surface area contributed by atoms with Gasteiger partial charge in [-0.2, -0.15) is 0 Å². The van der Waals surface area contributed by atoms with Gasteiger partial charge in [0.1, 0.15) is 11.8 Å². The lowest BCUT2D eigenvalue weighted by Gasteiger charge is -2.13. The summed E-state index contributed by atoms with van der Waals surface area (Å²) in [5, 5.41) is 7.13. The number of benzene rings is 1. The summed E-state index contributed by atoms with van der Waals surface area (Å²) >= 11 is 0. The highest BCUT2D eigenvalue weighted by Crippen LogP contribution is 2.33. The van der Waals surface area contributed by atoms with Crippen molar-refractivity contribution in [2.45, 2.75) is 58.6 Å². The first-order valence-corrected chi connectivity index (χ1v) is 12.8. The molecule has 1 aromatic carbocycles. The van der Waals surface area contributed by atoms with E-state index in [0.717, 1.165) is 37.9 Å². The lowest BCUT2D eigenvalue weighted by Crippen LogP contribution is -2.28. The van der Waals surface area contributed by atoms with Crippen molar-refractivity contribution >= 4 is 34.3 Å². The van der Waals surface area contributed by atoms with Crippen LogP contribution in [-0.2, 0) is 27.2 Å². The number of nitrogens with zero attached hydrogens (tertiary/aromatic N) is 2. The number of ether oxygens (including phenoxy) is 2. The van der Waals surface area contributed by atoms with Gasteiger partial charge in [0.25, 0.3) is 5.91 Å². The van der Waals surface area contributed by atoms with E-state index >= 15 is 0 Å². The number of methoxy groups -OCH3 is 1. The number of carbonyl (C=O) groups excluding carboxylic acids is 2. The van der Waals surface area contributed by atoms with Crippen molar-refractivity contribution in [2.24, 2.45) is 5.92 Å². The molecule has 1 amide bonds. The molecule has 0 radical (unpaired) electrons. The predicted molar refractivity (Wildman–Crippen MR) is 141 cm³/mol. The van der Waals surface area contributed by atoms with Crippen LogP contribution in [0.4, 0.5) is 11.4 Å². The first kappa shape index (κ1) is 25.7. The number of hydrogen-bond acceptors (Lipinski definition) is 6. The van der Waals surface area contributed by atoms with Crippen molar-refractivity contribution in [1.29, 1.82) is 0 Å². The second-order valence-corrected chi connectivity index (χ2v) is 9.44. The van der Waals surface area contributed by atoms with E-state index in [-0.39, 0.29) is 5.91 Å². The number of anilines is 2.